The fraction of sp³-hybridized carbons (Fsp3) is 0.250. The summed E-state index contributed by atoms with van der Waals surface area (Å²) in [6, 6.07) is 8.98. The number of hydrogen-bond donors (Lipinski definition) is 1. The second-order valence-corrected chi connectivity index (χ2v) is 6.74. The number of benzene rings is 2. The van der Waals surface area contributed by atoms with Gasteiger partial charge in [-0.15, -0.1) is 0 Å². The Balaban J connectivity index is 2.01. The molecule has 0 atom stereocenters. The highest BCUT2D eigenvalue weighted by molar-refractivity contribution is 7.89. The molecule has 9 heteroatoms. The molecule has 2 aromatic rings. The van der Waals surface area contributed by atoms with Crippen LogP contribution < -0.4 is 14.2 Å². The molecule has 0 aliphatic rings. The Kier molecular flexibility index (Phi) is 6.27. The topological polar surface area (TPSA) is 64.6 Å². The minimum absolute atomic E-state index is 0.0387. The first-order valence-electron chi connectivity index (χ1n) is 7.19. The molecule has 0 aromatic heterocycles. The Morgan fingerprint density at radius 1 is 1.12 bits per heavy atom. The first-order valence-corrected chi connectivity index (χ1v) is 8.67. The summed E-state index contributed by atoms with van der Waals surface area (Å²) < 4.78 is 73.5. The van der Waals surface area contributed by atoms with Gasteiger partial charge in [-0.1, -0.05) is 12.1 Å². The van der Waals surface area contributed by atoms with Gasteiger partial charge in [0.2, 0.25) is 10.0 Å². The third kappa shape index (κ3) is 5.36. The predicted molar refractivity (Wildman–Crippen MR) is 84.9 cm³/mol. The first kappa shape index (κ1) is 19.1. The van der Waals surface area contributed by atoms with Gasteiger partial charge in [-0.25, -0.2) is 17.5 Å². The van der Waals surface area contributed by atoms with Gasteiger partial charge in [0, 0.05) is 6.54 Å². The van der Waals surface area contributed by atoms with E-state index in [1.54, 1.807) is 0 Å². The maximum Gasteiger partial charge on any atom is 0.387 e. The van der Waals surface area contributed by atoms with Crippen molar-refractivity contribution in [3.8, 4) is 11.5 Å². The molecule has 2 aromatic carbocycles. The van der Waals surface area contributed by atoms with Crippen molar-refractivity contribution in [2.24, 2.45) is 0 Å². The smallest absolute Gasteiger partial charge is 0.387 e. The molecule has 0 spiro atoms. The van der Waals surface area contributed by atoms with Crippen molar-refractivity contribution < 1.29 is 31.1 Å². The van der Waals surface area contributed by atoms with Crippen LogP contribution in [0.1, 0.15) is 5.56 Å². The molecule has 5 nitrogen and oxygen atoms in total. The Hall–Kier alpha value is -2.26. The molecule has 0 aliphatic heterocycles. The summed E-state index contributed by atoms with van der Waals surface area (Å²) in [4.78, 5) is -0.175. The Morgan fingerprint density at radius 3 is 2.52 bits per heavy atom. The van der Waals surface area contributed by atoms with Crippen molar-refractivity contribution >= 4 is 10.0 Å². The van der Waals surface area contributed by atoms with Crippen LogP contribution in [0.2, 0.25) is 0 Å². The molecule has 0 aliphatic carbocycles. The van der Waals surface area contributed by atoms with Crippen molar-refractivity contribution in [2.45, 2.75) is 17.9 Å². The molecule has 0 fully saturated rings. The van der Waals surface area contributed by atoms with Crippen LogP contribution in [-0.2, 0) is 16.4 Å². The van der Waals surface area contributed by atoms with E-state index in [2.05, 4.69) is 9.46 Å². The van der Waals surface area contributed by atoms with E-state index in [4.69, 9.17) is 4.74 Å². The lowest BCUT2D eigenvalue weighted by Gasteiger charge is -2.12. The van der Waals surface area contributed by atoms with Gasteiger partial charge in [0.15, 0.2) is 11.5 Å². The van der Waals surface area contributed by atoms with Crippen molar-refractivity contribution in [2.75, 3.05) is 13.7 Å². The second-order valence-electron chi connectivity index (χ2n) is 4.97. The molecule has 0 saturated carbocycles. The van der Waals surface area contributed by atoms with Gasteiger partial charge in [-0.2, -0.15) is 8.78 Å². The van der Waals surface area contributed by atoms with Gasteiger partial charge in [0.05, 0.1) is 12.0 Å². The van der Waals surface area contributed by atoms with E-state index in [9.17, 15) is 21.6 Å². The molecule has 136 valence electrons. The summed E-state index contributed by atoms with van der Waals surface area (Å²) in [7, 11) is -2.53. The zero-order valence-electron chi connectivity index (χ0n) is 13.2. The number of sulfonamides is 1. The highest BCUT2D eigenvalue weighted by Gasteiger charge is 2.15. The highest BCUT2D eigenvalue weighted by Crippen LogP contribution is 2.29. The van der Waals surface area contributed by atoms with E-state index in [0.717, 1.165) is 12.1 Å². The number of methoxy groups -OCH3 is 1. The minimum atomic E-state index is -3.84. The van der Waals surface area contributed by atoms with Crippen LogP contribution in [0.5, 0.6) is 11.5 Å². The van der Waals surface area contributed by atoms with E-state index in [1.165, 1.54) is 37.4 Å². The van der Waals surface area contributed by atoms with Crippen LogP contribution in [0.3, 0.4) is 0 Å². The lowest BCUT2D eigenvalue weighted by atomic mass is 10.1. The summed E-state index contributed by atoms with van der Waals surface area (Å²) in [6.07, 6.45) is 0.278. The van der Waals surface area contributed by atoms with Gasteiger partial charge in [-0.3, -0.25) is 0 Å². The van der Waals surface area contributed by atoms with E-state index in [-0.39, 0.29) is 29.4 Å². The number of rotatable bonds is 8. The molecular formula is C16H16F3NO4S. The number of nitrogens with one attached hydrogen (secondary N) is 1. The summed E-state index contributed by atoms with van der Waals surface area (Å²) >= 11 is 0. The van der Waals surface area contributed by atoms with E-state index in [0.29, 0.717) is 5.56 Å². The number of alkyl halides is 2. The second kappa shape index (κ2) is 8.21. The van der Waals surface area contributed by atoms with Crippen molar-refractivity contribution in [3.05, 3.63) is 53.8 Å². The average molecular weight is 375 g/mol. The van der Waals surface area contributed by atoms with Gasteiger partial charge in [-0.05, 0) is 42.3 Å². The molecule has 0 bridgehead atoms. The minimum Gasteiger partial charge on any atom is -0.493 e. The van der Waals surface area contributed by atoms with Crippen LogP contribution >= 0.6 is 0 Å². The standard InChI is InChI=1S/C16H16F3NO4S/c1-23-15-9-11(5-6-14(15)24-16(18)19)7-8-20-25(21,22)13-4-2-3-12(17)10-13/h2-6,9-10,16,20H,7-8H2,1H3. The summed E-state index contributed by atoms with van der Waals surface area (Å²) in [5.74, 6) is -0.644. The van der Waals surface area contributed by atoms with Crippen LogP contribution in [0, 0.1) is 5.82 Å². The molecule has 0 saturated heterocycles. The van der Waals surface area contributed by atoms with Crippen LogP contribution in [0.25, 0.3) is 0 Å². The number of hydrogen-bond acceptors (Lipinski definition) is 4. The van der Waals surface area contributed by atoms with Crippen LogP contribution in [-0.4, -0.2) is 28.7 Å². The maximum atomic E-state index is 13.1. The fourth-order valence-electron chi connectivity index (χ4n) is 2.11. The van der Waals surface area contributed by atoms with Gasteiger partial charge < -0.3 is 9.47 Å². The Bertz CT molecular complexity index is 828. The lowest BCUT2D eigenvalue weighted by molar-refractivity contribution is -0.0512. The third-order valence-electron chi connectivity index (χ3n) is 3.26. The van der Waals surface area contributed by atoms with E-state index in [1.807, 2.05) is 0 Å². The van der Waals surface area contributed by atoms with Crippen LogP contribution in [0.15, 0.2) is 47.4 Å². The van der Waals surface area contributed by atoms with Gasteiger partial charge in [0.25, 0.3) is 0 Å². The molecule has 0 amide bonds. The lowest BCUT2D eigenvalue weighted by Crippen LogP contribution is -2.26. The van der Waals surface area contributed by atoms with Gasteiger partial charge >= 0.3 is 6.61 Å². The fourth-order valence-corrected chi connectivity index (χ4v) is 3.17. The maximum absolute atomic E-state index is 13.1. The first-order chi connectivity index (χ1) is 11.8. The summed E-state index contributed by atoms with van der Waals surface area (Å²) in [5.41, 5.74) is 0.653. The largest absolute Gasteiger partial charge is 0.493 e. The number of halogens is 3. The van der Waals surface area contributed by atoms with E-state index >= 15 is 0 Å². The highest BCUT2D eigenvalue weighted by atomic mass is 32.2. The van der Waals surface area contributed by atoms with Crippen LogP contribution in [0.4, 0.5) is 13.2 Å². The molecule has 0 heterocycles. The van der Waals surface area contributed by atoms with Crippen molar-refractivity contribution in [1.29, 1.82) is 0 Å². The van der Waals surface area contributed by atoms with Gasteiger partial charge in [0.1, 0.15) is 5.82 Å². The zero-order valence-corrected chi connectivity index (χ0v) is 14.0. The zero-order chi connectivity index (χ0) is 18.4. The molecule has 2 rings (SSSR count). The Morgan fingerprint density at radius 2 is 1.88 bits per heavy atom. The third-order valence-corrected chi connectivity index (χ3v) is 4.71. The molecule has 1 N–H and O–H groups in total. The summed E-state index contributed by atoms with van der Waals surface area (Å²) in [6.45, 7) is -2.94. The van der Waals surface area contributed by atoms with Crippen molar-refractivity contribution in [1.82, 2.24) is 4.72 Å². The predicted octanol–water partition coefficient (Wildman–Crippen LogP) is 2.96. The average Bonchev–Trinajstić information content (AvgIpc) is 2.55. The molecular weight excluding hydrogens is 359 g/mol. The molecule has 0 radical (unpaired) electrons. The number of ether oxygens (including phenoxy) is 2. The monoisotopic (exact) mass is 375 g/mol. The molecule has 25 heavy (non-hydrogen) atoms. The summed E-state index contributed by atoms with van der Waals surface area (Å²) in [5, 5.41) is 0. The SMILES string of the molecule is COc1cc(CCNS(=O)(=O)c2cccc(F)c2)ccc1OC(F)F. The quantitative estimate of drug-likeness (QED) is 0.771. The van der Waals surface area contributed by atoms with E-state index < -0.39 is 22.5 Å². The molecule has 0 unspecified atom stereocenters. The normalized spacial score (nSPS) is 11.6. The Labute approximate surface area is 143 Å². The van der Waals surface area contributed by atoms with Crippen molar-refractivity contribution in [3.63, 3.8) is 0 Å².